The van der Waals surface area contributed by atoms with E-state index in [1.165, 1.54) is 12.1 Å². The first-order chi connectivity index (χ1) is 14.6. The molecule has 3 rings (SSSR count). The maximum Gasteiger partial charge on any atom is 0.416 e. The van der Waals surface area contributed by atoms with Gasteiger partial charge in [0, 0.05) is 5.56 Å². The number of alkyl halides is 3. The highest BCUT2D eigenvalue weighted by atomic mass is 19.4. The molecule has 0 aliphatic carbocycles. The van der Waals surface area contributed by atoms with Crippen molar-refractivity contribution in [3.63, 3.8) is 0 Å². The minimum absolute atomic E-state index is 0.0790. The van der Waals surface area contributed by atoms with Crippen LogP contribution in [0.25, 0.3) is 0 Å². The average molecular weight is 436 g/mol. The Morgan fingerprint density at radius 3 is 2.52 bits per heavy atom. The quantitative estimate of drug-likeness (QED) is 0.686. The summed E-state index contributed by atoms with van der Waals surface area (Å²) in [5.74, 6) is 0.124. The zero-order valence-corrected chi connectivity index (χ0v) is 17.1. The van der Waals surface area contributed by atoms with Crippen molar-refractivity contribution in [2.45, 2.75) is 32.5 Å². The maximum absolute atomic E-state index is 13.1. The summed E-state index contributed by atoms with van der Waals surface area (Å²) in [6.07, 6.45) is -4.02. The van der Waals surface area contributed by atoms with Gasteiger partial charge in [-0.15, -0.1) is 0 Å². The van der Waals surface area contributed by atoms with E-state index in [9.17, 15) is 22.8 Å². The molecule has 2 aromatic rings. The van der Waals surface area contributed by atoms with Gasteiger partial charge in [-0.3, -0.25) is 9.59 Å². The van der Waals surface area contributed by atoms with Crippen LogP contribution in [-0.4, -0.2) is 25.2 Å². The van der Waals surface area contributed by atoms with Gasteiger partial charge in [0.25, 0.3) is 5.91 Å². The van der Waals surface area contributed by atoms with E-state index < -0.39 is 29.6 Å². The molecule has 9 heteroatoms. The second-order valence-corrected chi connectivity index (χ2v) is 7.62. The Balaban J connectivity index is 1.64. The van der Waals surface area contributed by atoms with E-state index in [0.717, 1.165) is 12.1 Å². The molecular formula is C22H23F3N2O4. The average Bonchev–Trinajstić information content (AvgIpc) is 3.18. The molecule has 6 nitrogen and oxygen atoms in total. The normalized spacial score (nSPS) is 13.7. The lowest BCUT2D eigenvalue weighted by Crippen LogP contribution is -2.39. The lowest BCUT2D eigenvalue weighted by Gasteiger charge is -2.22. The fourth-order valence-corrected chi connectivity index (χ4v) is 3.23. The van der Waals surface area contributed by atoms with Crippen LogP contribution in [0.4, 0.5) is 13.2 Å². The van der Waals surface area contributed by atoms with Crippen LogP contribution >= 0.6 is 0 Å². The van der Waals surface area contributed by atoms with Crippen LogP contribution in [0.1, 0.15) is 47.8 Å². The summed E-state index contributed by atoms with van der Waals surface area (Å²) in [6, 6.07) is 8.94. The molecule has 2 aromatic carbocycles. The van der Waals surface area contributed by atoms with E-state index in [1.807, 2.05) is 13.8 Å². The van der Waals surface area contributed by atoms with Crippen LogP contribution in [0.2, 0.25) is 0 Å². The van der Waals surface area contributed by atoms with Crippen molar-refractivity contribution in [2.24, 2.45) is 5.92 Å². The van der Waals surface area contributed by atoms with Crippen LogP contribution < -0.4 is 20.1 Å². The SMILES string of the molecule is CC(C)CC(NC(=O)CNC(=O)c1ccc2c(c1)OCO2)c1cccc(C(F)(F)F)c1. The van der Waals surface area contributed by atoms with Crippen LogP contribution in [0, 0.1) is 5.92 Å². The first-order valence-electron chi connectivity index (χ1n) is 9.78. The van der Waals surface area contributed by atoms with E-state index in [0.29, 0.717) is 29.0 Å². The summed E-state index contributed by atoms with van der Waals surface area (Å²) < 4.78 is 49.6. The predicted octanol–water partition coefficient (Wildman–Crippen LogP) is 4.07. The first kappa shape index (κ1) is 22.5. The minimum atomic E-state index is -4.47. The highest BCUT2D eigenvalue weighted by molar-refractivity contribution is 5.97. The van der Waals surface area contributed by atoms with Gasteiger partial charge in [-0.1, -0.05) is 26.0 Å². The topological polar surface area (TPSA) is 76.7 Å². The number of carbonyl (C=O) groups is 2. The summed E-state index contributed by atoms with van der Waals surface area (Å²) in [5.41, 5.74) is -0.114. The van der Waals surface area contributed by atoms with Gasteiger partial charge in [-0.2, -0.15) is 13.2 Å². The lowest BCUT2D eigenvalue weighted by atomic mass is 9.95. The number of benzene rings is 2. The lowest BCUT2D eigenvalue weighted by molar-refractivity contribution is -0.137. The van der Waals surface area contributed by atoms with Crippen molar-refractivity contribution >= 4 is 11.8 Å². The molecule has 2 amide bonds. The fourth-order valence-electron chi connectivity index (χ4n) is 3.23. The molecule has 31 heavy (non-hydrogen) atoms. The molecule has 0 bridgehead atoms. The highest BCUT2D eigenvalue weighted by Gasteiger charge is 2.31. The summed E-state index contributed by atoms with van der Waals surface area (Å²) in [6.45, 7) is 3.58. The summed E-state index contributed by atoms with van der Waals surface area (Å²) in [4.78, 5) is 24.7. The Morgan fingerprint density at radius 2 is 1.81 bits per heavy atom. The van der Waals surface area contributed by atoms with Gasteiger partial charge >= 0.3 is 6.18 Å². The number of rotatable bonds is 7. The Bertz CT molecular complexity index is 960. The van der Waals surface area contributed by atoms with Crippen molar-refractivity contribution < 1.29 is 32.2 Å². The second kappa shape index (κ2) is 9.28. The van der Waals surface area contributed by atoms with Crippen LogP contribution in [0.15, 0.2) is 42.5 Å². The van der Waals surface area contributed by atoms with Crippen molar-refractivity contribution in [1.82, 2.24) is 10.6 Å². The van der Waals surface area contributed by atoms with Crippen molar-refractivity contribution in [3.05, 3.63) is 59.2 Å². The monoisotopic (exact) mass is 436 g/mol. The van der Waals surface area contributed by atoms with Crippen molar-refractivity contribution in [2.75, 3.05) is 13.3 Å². The zero-order valence-electron chi connectivity index (χ0n) is 17.1. The third kappa shape index (κ3) is 5.90. The number of amides is 2. The third-order valence-corrected chi connectivity index (χ3v) is 4.70. The first-order valence-corrected chi connectivity index (χ1v) is 9.78. The van der Waals surface area contributed by atoms with Crippen LogP contribution in [0.5, 0.6) is 11.5 Å². The number of fused-ring (bicyclic) bond motifs is 1. The Morgan fingerprint density at radius 1 is 1.06 bits per heavy atom. The summed E-state index contributed by atoms with van der Waals surface area (Å²) >= 11 is 0. The molecule has 0 fully saturated rings. The van der Waals surface area contributed by atoms with Crippen molar-refractivity contribution in [3.8, 4) is 11.5 Å². The van der Waals surface area contributed by atoms with E-state index in [4.69, 9.17) is 9.47 Å². The maximum atomic E-state index is 13.1. The smallest absolute Gasteiger partial charge is 0.416 e. The number of ether oxygens (including phenoxy) is 2. The molecule has 0 spiro atoms. The van der Waals surface area contributed by atoms with Crippen LogP contribution in [0.3, 0.4) is 0 Å². The molecule has 2 N–H and O–H groups in total. The Hall–Kier alpha value is -3.23. The second-order valence-electron chi connectivity index (χ2n) is 7.62. The largest absolute Gasteiger partial charge is 0.454 e. The van der Waals surface area contributed by atoms with Gasteiger partial charge < -0.3 is 20.1 Å². The van der Waals surface area contributed by atoms with Gasteiger partial charge in [0.2, 0.25) is 12.7 Å². The molecule has 1 aliphatic rings. The molecule has 0 saturated heterocycles. The zero-order chi connectivity index (χ0) is 22.6. The van der Waals surface area contributed by atoms with Gasteiger partial charge in [-0.05, 0) is 48.2 Å². The van der Waals surface area contributed by atoms with E-state index in [-0.39, 0.29) is 19.3 Å². The third-order valence-electron chi connectivity index (χ3n) is 4.70. The molecular weight excluding hydrogens is 413 g/mol. The highest BCUT2D eigenvalue weighted by Crippen LogP contribution is 2.33. The van der Waals surface area contributed by atoms with Gasteiger partial charge in [-0.25, -0.2) is 0 Å². The Labute approximate surface area is 177 Å². The molecule has 0 saturated carbocycles. The molecule has 0 radical (unpaired) electrons. The number of hydrogen-bond donors (Lipinski definition) is 2. The van der Waals surface area contributed by atoms with E-state index >= 15 is 0 Å². The van der Waals surface area contributed by atoms with Gasteiger partial charge in [0.15, 0.2) is 11.5 Å². The Kier molecular flexibility index (Phi) is 6.72. The molecule has 1 aliphatic heterocycles. The van der Waals surface area contributed by atoms with E-state index in [1.54, 1.807) is 18.2 Å². The van der Waals surface area contributed by atoms with Crippen molar-refractivity contribution in [1.29, 1.82) is 0 Å². The van der Waals surface area contributed by atoms with Crippen LogP contribution in [-0.2, 0) is 11.0 Å². The summed E-state index contributed by atoms with van der Waals surface area (Å²) in [7, 11) is 0. The number of carbonyl (C=O) groups excluding carboxylic acids is 2. The number of hydrogen-bond acceptors (Lipinski definition) is 4. The van der Waals surface area contributed by atoms with E-state index in [2.05, 4.69) is 10.6 Å². The molecule has 1 atom stereocenters. The number of halogens is 3. The van der Waals surface area contributed by atoms with Gasteiger partial charge in [0.05, 0.1) is 18.2 Å². The molecule has 1 unspecified atom stereocenters. The fraction of sp³-hybridized carbons (Fsp3) is 0.364. The standard InChI is InChI=1S/C22H23F3N2O4/c1-13(2)8-17(14-4-3-5-16(9-14)22(23,24)25)27-20(28)11-26-21(29)15-6-7-18-19(10-15)31-12-30-18/h3-7,9-10,13,17H,8,11-12H2,1-2H3,(H,26,29)(H,27,28). The molecule has 166 valence electrons. The molecule has 0 aromatic heterocycles. The number of nitrogens with one attached hydrogen (secondary N) is 2. The minimum Gasteiger partial charge on any atom is -0.454 e. The predicted molar refractivity (Wildman–Crippen MR) is 107 cm³/mol. The van der Waals surface area contributed by atoms with Gasteiger partial charge in [0.1, 0.15) is 0 Å². The molecule has 1 heterocycles. The summed E-state index contributed by atoms with van der Waals surface area (Å²) in [5, 5.41) is 5.23.